The first kappa shape index (κ1) is 26.6. The molecule has 0 spiro atoms. The number of benzene rings is 3. The molecule has 0 unspecified atom stereocenters. The maximum absolute atomic E-state index is 13.6. The summed E-state index contributed by atoms with van der Waals surface area (Å²) in [5.41, 5.74) is 2.06. The van der Waals surface area contributed by atoms with Crippen LogP contribution in [0, 0.1) is 12.8 Å². The summed E-state index contributed by atoms with van der Waals surface area (Å²) in [4.78, 5) is 13.4. The Morgan fingerprint density at radius 1 is 1.03 bits per heavy atom. The minimum absolute atomic E-state index is 0.0957. The molecule has 0 aliphatic carbocycles. The van der Waals surface area contributed by atoms with Gasteiger partial charge in [0, 0.05) is 5.02 Å². The molecule has 35 heavy (non-hydrogen) atoms. The summed E-state index contributed by atoms with van der Waals surface area (Å²) in [6, 6.07) is 20.2. The van der Waals surface area contributed by atoms with Gasteiger partial charge in [0.05, 0.1) is 23.7 Å². The molecular weight excluding hydrogens is 484 g/mol. The molecule has 0 saturated heterocycles. The lowest BCUT2D eigenvalue weighted by Gasteiger charge is -2.27. The van der Waals surface area contributed by atoms with Crippen molar-refractivity contribution in [1.29, 1.82) is 0 Å². The van der Waals surface area contributed by atoms with Crippen molar-refractivity contribution >= 4 is 33.2 Å². The van der Waals surface area contributed by atoms with E-state index >= 15 is 0 Å². The topological polar surface area (TPSA) is 75.7 Å². The third-order valence-electron chi connectivity index (χ3n) is 5.62. The highest BCUT2D eigenvalue weighted by Crippen LogP contribution is 2.29. The van der Waals surface area contributed by atoms with Gasteiger partial charge in [0.2, 0.25) is 5.91 Å². The number of anilines is 1. The summed E-state index contributed by atoms with van der Waals surface area (Å²) in [5, 5.41) is 3.46. The molecule has 0 aromatic heterocycles. The number of halogens is 1. The van der Waals surface area contributed by atoms with E-state index < -0.39 is 15.9 Å². The van der Waals surface area contributed by atoms with E-state index in [9.17, 15) is 13.2 Å². The second kappa shape index (κ2) is 11.6. The number of rotatable bonds is 10. The zero-order chi connectivity index (χ0) is 25.6. The monoisotopic (exact) mass is 514 g/mol. The lowest BCUT2D eigenvalue weighted by Crippen LogP contribution is -2.42. The molecule has 3 aromatic rings. The number of nitrogens with zero attached hydrogens (tertiary/aromatic N) is 1. The fraction of sp³-hybridized carbons (Fsp3) is 0.296. The van der Waals surface area contributed by atoms with Gasteiger partial charge in [-0.25, -0.2) is 8.42 Å². The first-order valence-corrected chi connectivity index (χ1v) is 13.2. The molecule has 0 aliphatic heterocycles. The lowest BCUT2D eigenvalue weighted by atomic mass is 9.97. The molecule has 8 heteroatoms. The van der Waals surface area contributed by atoms with Crippen LogP contribution in [0.1, 0.15) is 37.4 Å². The van der Waals surface area contributed by atoms with E-state index in [-0.39, 0.29) is 17.5 Å². The zero-order valence-electron chi connectivity index (χ0n) is 20.4. The van der Waals surface area contributed by atoms with Crippen molar-refractivity contribution in [3.8, 4) is 5.75 Å². The number of carbonyl (C=O) groups is 1. The van der Waals surface area contributed by atoms with Gasteiger partial charge in [-0.3, -0.25) is 9.10 Å². The number of hydrogen-bond donors (Lipinski definition) is 1. The quantitative estimate of drug-likeness (QED) is 0.373. The highest BCUT2D eigenvalue weighted by Gasteiger charge is 2.28. The fourth-order valence-corrected chi connectivity index (χ4v) is 5.34. The van der Waals surface area contributed by atoms with Crippen LogP contribution >= 0.6 is 11.6 Å². The second-order valence-corrected chi connectivity index (χ2v) is 11.1. The first-order chi connectivity index (χ1) is 16.6. The highest BCUT2D eigenvalue weighted by molar-refractivity contribution is 7.92. The molecule has 0 saturated carbocycles. The molecular formula is C27H31ClN2O4S. The lowest BCUT2D eigenvalue weighted by molar-refractivity contribution is -0.120. The highest BCUT2D eigenvalue weighted by atomic mass is 35.5. The number of methoxy groups -OCH3 is 1. The predicted molar refractivity (Wildman–Crippen MR) is 140 cm³/mol. The second-order valence-electron chi connectivity index (χ2n) is 8.78. The molecule has 0 bridgehead atoms. The van der Waals surface area contributed by atoms with Gasteiger partial charge in [0.1, 0.15) is 12.3 Å². The van der Waals surface area contributed by atoms with Gasteiger partial charge in [-0.2, -0.15) is 0 Å². The number of aryl methyl sites for hydroxylation is 1. The Balaban J connectivity index is 1.93. The van der Waals surface area contributed by atoms with Crippen molar-refractivity contribution in [3.05, 3.63) is 88.9 Å². The van der Waals surface area contributed by atoms with E-state index in [1.807, 2.05) is 31.2 Å². The molecule has 1 N–H and O–H groups in total. The summed E-state index contributed by atoms with van der Waals surface area (Å²) in [6.07, 6.45) is 0.694. The number of amides is 1. The Morgan fingerprint density at radius 3 is 2.26 bits per heavy atom. The molecule has 3 aromatic carbocycles. The Morgan fingerprint density at radius 2 is 1.69 bits per heavy atom. The average molecular weight is 515 g/mol. The van der Waals surface area contributed by atoms with Gasteiger partial charge >= 0.3 is 0 Å². The third-order valence-corrected chi connectivity index (χ3v) is 7.82. The largest absolute Gasteiger partial charge is 0.497 e. The summed E-state index contributed by atoms with van der Waals surface area (Å²) in [7, 11) is -2.42. The molecule has 0 heterocycles. The predicted octanol–water partition coefficient (Wildman–Crippen LogP) is 5.76. The van der Waals surface area contributed by atoms with Gasteiger partial charge in [0.25, 0.3) is 10.0 Å². The molecule has 3 rings (SSSR count). The number of carbonyl (C=O) groups excluding carboxylic acids is 1. The van der Waals surface area contributed by atoms with Crippen molar-refractivity contribution in [2.75, 3.05) is 18.0 Å². The van der Waals surface area contributed by atoms with Crippen LogP contribution in [-0.2, 0) is 14.8 Å². The Kier molecular flexibility index (Phi) is 8.81. The van der Waals surface area contributed by atoms with Crippen molar-refractivity contribution in [2.45, 2.75) is 38.1 Å². The van der Waals surface area contributed by atoms with Gasteiger partial charge in [-0.1, -0.05) is 61.8 Å². The minimum atomic E-state index is -4.01. The van der Waals surface area contributed by atoms with Crippen LogP contribution in [0.5, 0.6) is 5.75 Å². The smallest absolute Gasteiger partial charge is 0.264 e. The van der Waals surface area contributed by atoms with Crippen LogP contribution < -0.4 is 14.4 Å². The van der Waals surface area contributed by atoms with Crippen molar-refractivity contribution < 1.29 is 17.9 Å². The van der Waals surface area contributed by atoms with E-state index in [2.05, 4.69) is 19.2 Å². The third kappa shape index (κ3) is 6.77. The van der Waals surface area contributed by atoms with E-state index in [0.717, 1.165) is 21.2 Å². The molecule has 6 nitrogen and oxygen atoms in total. The van der Waals surface area contributed by atoms with Crippen LogP contribution in [0.25, 0.3) is 0 Å². The fourth-order valence-electron chi connectivity index (χ4n) is 3.73. The van der Waals surface area contributed by atoms with Crippen LogP contribution in [0.4, 0.5) is 5.69 Å². The maximum Gasteiger partial charge on any atom is 0.264 e. The molecule has 0 fully saturated rings. The van der Waals surface area contributed by atoms with Crippen molar-refractivity contribution in [1.82, 2.24) is 5.32 Å². The molecule has 1 atom stereocenters. The van der Waals surface area contributed by atoms with Crippen molar-refractivity contribution in [2.24, 2.45) is 5.92 Å². The normalized spacial score (nSPS) is 12.3. The van der Waals surface area contributed by atoms with Crippen molar-refractivity contribution in [3.63, 3.8) is 0 Å². The van der Waals surface area contributed by atoms with Gasteiger partial charge in [0.15, 0.2) is 0 Å². The standard InChI is InChI=1S/C27H31ClN2O4S/c1-19(2)16-26(21-11-14-23(34-4)15-12-21)29-27(31)18-30(22-13-10-20(3)25(28)17-22)35(32,33)24-8-6-5-7-9-24/h5-15,17,19,26H,16,18H2,1-4H3,(H,29,31)/t26-/m1/s1. The van der Waals surface area contributed by atoms with Gasteiger partial charge in [-0.05, 0) is 66.8 Å². The Hall–Kier alpha value is -3.03. The van der Waals surface area contributed by atoms with E-state index in [1.54, 1.807) is 43.5 Å². The van der Waals surface area contributed by atoms with Crippen LogP contribution in [-0.4, -0.2) is 28.0 Å². The number of hydrogen-bond acceptors (Lipinski definition) is 4. The summed E-state index contributed by atoms with van der Waals surface area (Å²) in [6.45, 7) is 5.59. The molecule has 1 amide bonds. The van der Waals surface area contributed by atoms with Crippen LogP contribution in [0.15, 0.2) is 77.7 Å². The Labute approximate surface area is 212 Å². The molecule has 186 valence electrons. The molecule has 0 radical (unpaired) electrons. The molecule has 0 aliphatic rings. The number of nitrogens with one attached hydrogen (secondary N) is 1. The average Bonchev–Trinajstić information content (AvgIpc) is 2.84. The van der Waals surface area contributed by atoms with Gasteiger partial charge in [-0.15, -0.1) is 0 Å². The SMILES string of the molecule is COc1ccc([C@@H](CC(C)C)NC(=O)CN(c2ccc(C)c(Cl)c2)S(=O)(=O)c2ccccc2)cc1. The first-order valence-electron chi connectivity index (χ1n) is 11.4. The van der Waals surface area contributed by atoms with E-state index in [0.29, 0.717) is 23.0 Å². The van der Waals surface area contributed by atoms with E-state index in [4.69, 9.17) is 16.3 Å². The Bertz CT molecular complexity index is 1250. The van der Waals surface area contributed by atoms with Crippen LogP contribution in [0.2, 0.25) is 5.02 Å². The number of sulfonamides is 1. The number of ether oxygens (including phenoxy) is 1. The summed E-state index contributed by atoms with van der Waals surface area (Å²) in [5.74, 6) is 0.616. The maximum atomic E-state index is 13.6. The zero-order valence-corrected chi connectivity index (χ0v) is 21.9. The summed E-state index contributed by atoms with van der Waals surface area (Å²) >= 11 is 6.30. The van der Waals surface area contributed by atoms with Gasteiger partial charge < -0.3 is 10.1 Å². The van der Waals surface area contributed by atoms with Crippen LogP contribution in [0.3, 0.4) is 0 Å². The summed E-state index contributed by atoms with van der Waals surface area (Å²) < 4.78 is 33.5. The minimum Gasteiger partial charge on any atom is -0.497 e. The van der Waals surface area contributed by atoms with E-state index in [1.165, 1.54) is 12.1 Å².